The predicted molar refractivity (Wildman–Crippen MR) is 88.7 cm³/mol. The van der Waals surface area contributed by atoms with Gasteiger partial charge in [0.1, 0.15) is 5.75 Å². The Morgan fingerprint density at radius 3 is 2.45 bits per heavy atom. The molecule has 2 aromatic rings. The Labute approximate surface area is 129 Å². The summed E-state index contributed by atoms with van der Waals surface area (Å²) in [6, 6.07) is 10.6. The first-order valence-electron chi connectivity index (χ1n) is 6.65. The highest BCUT2D eigenvalue weighted by Crippen LogP contribution is 2.32. The van der Waals surface area contributed by atoms with Crippen LogP contribution in [0, 0.1) is 20.8 Å². The second kappa shape index (κ2) is 6.31. The fourth-order valence-corrected chi connectivity index (χ4v) is 2.88. The molecule has 0 amide bonds. The molecule has 20 heavy (non-hydrogen) atoms. The Bertz CT molecular complexity index is 623. The minimum atomic E-state index is 0.797. The summed E-state index contributed by atoms with van der Waals surface area (Å²) < 4.78 is 6.48. The van der Waals surface area contributed by atoms with Gasteiger partial charge in [0.05, 0.1) is 12.8 Å². The van der Waals surface area contributed by atoms with Gasteiger partial charge in [0, 0.05) is 11.0 Å². The van der Waals surface area contributed by atoms with Crippen LogP contribution in [0.2, 0.25) is 0 Å². The van der Waals surface area contributed by atoms with E-state index in [0.717, 1.165) is 22.5 Å². The summed E-state index contributed by atoms with van der Waals surface area (Å²) in [5.74, 6) is 0.863. The maximum atomic E-state index is 5.45. The lowest BCUT2D eigenvalue weighted by molar-refractivity contribution is 0.416. The van der Waals surface area contributed by atoms with E-state index < -0.39 is 0 Å². The van der Waals surface area contributed by atoms with Gasteiger partial charge in [0.2, 0.25) is 0 Å². The van der Waals surface area contributed by atoms with Crippen LogP contribution in [0.1, 0.15) is 22.3 Å². The number of ether oxygens (including phenoxy) is 1. The van der Waals surface area contributed by atoms with E-state index in [2.05, 4.69) is 66.3 Å². The van der Waals surface area contributed by atoms with Crippen LogP contribution in [0.15, 0.2) is 34.8 Å². The average Bonchev–Trinajstić information content (AvgIpc) is 2.38. The smallest absolute Gasteiger partial charge is 0.143 e. The molecular formula is C17H20BrNO. The predicted octanol–water partition coefficient (Wildman–Crippen LogP) is 5.00. The number of nitrogens with one attached hydrogen (secondary N) is 1. The van der Waals surface area contributed by atoms with Crippen molar-refractivity contribution in [1.82, 2.24) is 0 Å². The number of aryl methyl sites for hydroxylation is 3. The SMILES string of the molecule is COc1cc(Br)cc(C)c1NCc1ccc(C)cc1C. The van der Waals surface area contributed by atoms with Crippen LogP contribution >= 0.6 is 15.9 Å². The number of rotatable bonds is 4. The molecule has 1 N–H and O–H groups in total. The summed E-state index contributed by atoms with van der Waals surface area (Å²) in [5, 5.41) is 3.49. The van der Waals surface area contributed by atoms with Gasteiger partial charge >= 0.3 is 0 Å². The number of anilines is 1. The quantitative estimate of drug-likeness (QED) is 0.850. The maximum absolute atomic E-state index is 5.45. The van der Waals surface area contributed by atoms with Crippen LogP contribution in [-0.2, 0) is 6.54 Å². The topological polar surface area (TPSA) is 21.3 Å². The van der Waals surface area contributed by atoms with Crippen LogP contribution in [-0.4, -0.2) is 7.11 Å². The van der Waals surface area contributed by atoms with Gasteiger partial charge in [-0.15, -0.1) is 0 Å². The molecule has 0 fully saturated rings. The first kappa shape index (κ1) is 14.9. The summed E-state index contributed by atoms with van der Waals surface area (Å²) in [6.07, 6.45) is 0. The minimum absolute atomic E-state index is 0.797. The Morgan fingerprint density at radius 2 is 1.80 bits per heavy atom. The Balaban J connectivity index is 2.22. The van der Waals surface area contributed by atoms with Crippen molar-refractivity contribution in [3.05, 3.63) is 57.1 Å². The summed E-state index contributed by atoms with van der Waals surface area (Å²) >= 11 is 3.50. The van der Waals surface area contributed by atoms with Crippen molar-refractivity contribution < 1.29 is 4.74 Å². The Kier molecular flexibility index (Phi) is 4.71. The standard InChI is InChI=1S/C17H20BrNO/c1-11-5-6-14(12(2)7-11)10-19-17-13(3)8-15(18)9-16(17)20-4/h5-9,19H,10H2,1-4H3. The lowest BCUT2D eigenvalue weighted by Gasteiger charge is -2.16. The minimum Gasteiger partial charge on any atom is -0.495 e. The fourth-order valence-electron chi connectivity index (χ4n) is 2.33. The maximum Gasteiger partial charge on any atom is 0.143 e. The molecule has 3 heteroatoms. The first-order valence-corrected chi connectivity index (χ1v) is 7.44. The van der Waals surface area contributed by atoms with Crippen molar-refractivity contribution in [2.45, 2.75) is 27.3 Å². The van der Waals surface area contributed by atoms with Crippen LogP contribution in [0.4, 0.5) is 5.69 Å². The van der Waals surface area contributed by atoms with Crippen molar-refractivity contribution in [2.75, 3.05) is 12.4 Å². The van der Waals surface area contributed by atoms with E-state index in [4.69, 9.17) is 4.74 Å². The molecule has 2 rings (SSSR count). The van der Waals surface area contributed by atoms with E-state index in [1.54, 1.807) is 7.11 Å². The van der Waals surface area contributed by atoms with Crippen molar-refractivity contribution >= 4 is 21.6 Å². The van der Waals surface area contributed by atoms with Crippen LogP contribution in [0.5, 0.6) is 5.75 Å². The lowest BCUT2D eigenvalue weighted by atomic mass is 10.1. The normalized spacial score (nSPS) is 10.4. The molecule has 2 aromatic carbocycles. The molecule has 0 unspecified atom stereocenters. The number of methoxy groups -OCH3 is 1. The van der Waals surface area contributed by atoms with Crippen molar-refractivity contribution in [1.29, 1.82) is 0 Å². The summed E-state index contributed by atoms with van der Waals surface area (Å²) in [7, 11) is 1.70. The Morgan fingerprint density at radius 1 is 1.05 bits per heavy atom. The van der Waals surface area contributed by atoms with E-state index >= 15 is 0 Å². The summed E-state index contributed by atoms with van der Waals surface area (Å²) in [5.41, 5.74) is 6.13. The molecule has 0 radical (unpaired) electrons. The Hall–Kier alpha value is -1.48. The van der Waals surface area contributed by atoms with Crippen molar-refractivity contribution in [2.24, 2.45) is 0 Å². The molecule has 0 atom stereocenters. The van der Waals surface area contributed by atoms with Crippen LogP contribution in [0.25, 0.3) is 0 Å². The molecule has 0 aliphatic rings. The van der Waals surface area contributed by atoms with Gasteiger partial charge in [-0.25, -0.2) is 0 Å². The highest BCUT2D eigenvalue weighted by atomic mass is 79.9. The highest BCUT2D eigenvalue weighted by Gasteiger charge is 2.08. The number of benzene rings is 2. The largest absolute Gasteiger partial charge is 0.495 e. The van der Waals surface area contributed by atoms with Crippen LogP contribution < -0.4 is 10.1 Å². The zero-order valence-electron chi connectivity index (χ0n) is 12.4. The first-order chi connectivity index (χ1) is 9.51. The van der Waals surface area contributed by atoms with Gasteiger partial charge in [0.25, 0.3) is 0 Å². The van der Waals surface area contributed by atoms with Gasteiger partial charge in [-0.2, -0.15) is 0 Å². The third-order valence-corrected chi connectivity index (χ3v) is 3.90. The van der Waals surface area contributed by atoms with E-state index in [1.807, 2.05) is 6.07 Å². The average molecular weight is 334 g/mol. The van der Waals surface area contributed by atoms with Gasteiger partial charge in [-0.05, 0) is 49.6 Å². The molecule has 0 bridgehead atoms. The third kappa shape index (κ3) is 3.34. The zero-order chi connectivity index (χ0) is 14.7. The van der Waals surface area contributed by atoms with Crippen molar-refractivity contribution in [3.63, 3.8) is 0 Å². The molecule has 2 nitrogen and oxygen atoms in total. The zero-order valence-corrected chi connectivity index (χ0v) is 14.0. The van der Waals surface area contributed by atoms with Gasteiger partial charge in [0.15, 0.2) is 0 Å². The van der Waals surface area contributed by atoms with Gasteiger partial charge in [-0.1, -0.05) is 39.7 Å². The van der Waals surface area contributed by atoms with E-state index in [0.29, 0.717) is 0 Å². The van der Waals surface area contributed by atoms with E-state index in [9.17, 15) is 0 Å². The number of hydrogen-bond acceptors (Lipinski definition) is 2. The molecule has 106 valence electrons. The molecule has 0 aromatic heterocycles. The fraction of sp³-hybridized carbons (Fsp3) is 0.294. The third-order valence-electron chi connectivity index (χ3n) is 3.44. The molecular weight excluding hydrogens is 314 g/mol. The number of hydrogen-bond donors (Lipinski definition) is 1. The van der Waals surface area contributed by atoms with Crippen molar-refractivity contribution in [3.8, 4) is 5.75 Å². The van der Waals surface area contributed by atoms with Gasteiger partial charge < -0.3 is 10.1 Å². The van der Waals surface area contributed by atoms with Gasteiger partial charge in [-0.3, -0.25) is 0 Å². The second-order valence-corrected chi connectivity index (χ2v) is 6.00. The monoisotopic (exact) mass is 333 g/mol. The van der Waals surface area contributed by atoms with E-state index in [-0.39, 0.29) is 0 Å². The molecule has 0 saturated heterocycles. The van der Waals surface area contributed by atoms with E-state index in [1.165, 1.54) is 22.3 Å². The molecule has 0 aliphatic carbocycles. The summed E-state index contributed by atoms with van der Waals surface area (Å²) in [6.45, 7) is 7.14. The highest BCUT2D eigenvalue weighted by molar-refractivity contribution is 9.10. The number of halogens is 1. The molecule has 0 saturated carbocycles. The molecule has 0 spiro atoms. The lowest BCUT2D eigenvalue weighted by Crippen LogP contribution is -2.04. The molecule has 0 aliphatic heterocycles. The summed E-state index contributed by atoms with van der Waals surface area (Å²) in [4.78, 5) is 0. The molecule has 0 heterocycles. The second-order valence-electron chi connectivity index (χ2n) is 5.08. The van der Waals surface area contributed by atoms with Crippen LogP contribution in [0.3, 0.4) is 0 Å².